The van der Waals surface area contributed by atoms with Crippen molar-refractivity contribution >= 4 is 23.1 Å². The monoisotopic (exact) mass is 463 g/mol. The number of amides is 1. The normalized spacial score (nSPS) is 14.9. The number of anilines is 3. The van der Waals surface area contributed by atoms with Gasteiger partial charge in [0.15, 0.2) is 5.82 Å². The molecule has 0 bridgehead atoms. The predicted octanol–water partition coefficient (Wildman–Crippen LogP) is 3.57. The van der Waals surface area contributed by atoms with Gasteiger partial charge in [-0.3, -0.25) is 9.48 Å². The number of halogens is 1. The van der Waals surface area contributed by atoms with Gasteiger partial charge >= 0.3 is 0 Å². The lowest BCUT2D eigenvalue weighted by Gasteiger charge is -2.41. The molecular weight excluding hydrogens is 437 g/mol. The standard InChI is InChI=1S/C24H26FN7O2/c1-2-34-21-8-7-19(15-28-21)31-13-10-24(9-12-26,11-14-31)32-16-20(22(27)33)23(30-32)29-18-5-3-17(25)4-6-18/h3-8,15-16H,2,9-11,13-14H2,1H3,(H2,27,33)(H,29,30). The predicted molar refractivity (Wildman–Crippen MR) is 125 cm³/mol. The number of primary amides is 1. The highest BCUT2D eigenvalue weighted by Crippen LogP contribution is 2.36. The summed E-state index contributed by atoms with van der Waals surface area (Å²) in [7, 11) is 0. The maximum absolute atomic E-state index is 13.3. The highest BCUT2D eigenvalue weighted by atomic mass is 19.1. The number of nitriles is 1. The van der Waals surface area contributed by atoms with E-state index in [-0.39, 0.29) is 23.6 Å². The number of rotatable bonds is 8. The molecule has 1 aromatic carbocycles. The number of hydrogen-bond acceptors (Lipinski definition) is 7. The summed E-state index contributed by atoms with van der Waals surface area (Å²) in [5.74, 6) is -0.150. The van der Waals surface area contributed by atoms with Gasteiger partial charge in [0.1, 0.15) is 11.4 Å². The van der Waals surface area contributed by atoms with Crippen molar-refractivity contribution in [1.29, 1.82) is 5.26 Å². The van der Waals surface area contributed by atoms with Gasteiger partial charge in [0.25, 0.3) is 5.91 Å². The van der Waals surface area contributed by atoms with Crippen molar-refractivity contribution in [1.82, 2.24) is 14.8 Å². The number of nitrogens with zero attached hydrogens (tertiary/aromatic N) is 5. The smallest absolute Gasteiger partial charge is 0.254 e. The topological polar surface area (TPSA) is 122 Å². The number of hydrogen-bond donors (Lipinski definition) is 2. The number of nitrogens with one attached hydrogen (secondary N) is 1. The van der Waals surface area contributed by atoms with Gasteiger partial charge in [-0.1, -0.05) is 0 Å². The third-order valence-electron chi connectivity index (χ3n) is 6.05. The summed E-state index contributed by atoms with van der Waals surface area (Å²) < 4.78 is 20.4. The van der Waals surface area contributed by atoms with E-state index in [0.717, 1.165) is 5.69 Å². The molecule has 1 aliphatic heterocycles. The number of nitrogens with two attached hydrogens (primary N) is 1. The molecule has 10 heteroatoms. The van der Waals surface area contributed by atoms with E-state index in [1.807, 2.05) is 19.1 Å². The summed E-state index contributed by atoms with van der Waals surface area (Å²) in [4.78, 5) is 18.7. The van der Waals surface area contributed by atoms with Gasteiger partial charge < -0.3 is 20.7 Å². The molecule has 34 heavy (non-hydrogen) atoms. The van der Waals surface area contributed by atoms with Gasteiger partial charge in [0.05, 0.1) is 36.5 Å². The first-order chi connectivity index (χ1) is 16.4. The Morgan fingerprint density at radius 3 is 2.59 bits per heavy atom. The first-order valence-corrected chi connectivity index (χ1v) is 11.1. The molecule has 0 radical (unpaired) electrons. The van der Waals surface area contributed by atoms with Crippen molar-refractivity contribution < 1.29 is 13.9 Å². The maximum Gasteiger partial charge on any atom is 0.254 e. The molecule has 0 unspecified atom stereocenters. The van der Waals surface area contributed by atoms with E-state index in [9.17, 15) is 14.4 Å². The second kappa shape index (κ2) is 9.79. The molecule has 3 N–H and O–H groups in total. The number of carbonyl (C=O) groups is 1. The molecule has 0 saturated carbocycles. The van der Waals surface area contributed by atoms with Crippen LogP contribution in [0.3, 0.4) is 0 Å². The van der Waals surface area contributed by atoms with E-state index in [1.54, 1.807) is 29.2 Å². The van der Waals surface area contributed by atoms with Crippen molar-refractivity contribution in [2.75, 3.05) is 29.9 Å². The van der Waals surface area contributed by atoms with E-state index in [1.165, 1.54) is 12.1 Å². The number of benzene rings is 1. The van der Waals surface area contributed by atoms with Crippen LogP contribution in [0.25, 0.3) is 0 Å². The van der Waals surface area contributed by atoms with E-state index in [0.29, 0.717) is 44.1 Å². The van der Waals surface area contributed by atoms with E-state index < -0.39 is 11.4 Å². The lowest BCUT2D eigenvalue weighted by Crippen LogP contribution is -2.46. The van der Waals surface area contributed by atoms with Crippen LogP contribution in [0, 0.1) is 17.1 Å². The first-order valence-electron chi connectivity index (χ1n) is 11.1. The van der Waals surface area contributed by atoms with Crippen LogP contribution < -0.4 is 20.7 Å². The largest absolute Gasteiger partial charge is 0.478 e. The molecule has 0 aliphatic carbocycles. The SMILES string of the molecule is CCOc1ccc(N2CCC(CC#N)(n3cc(C(N)=O)c(Nc4ccc(F)cc4)n3)CC2)cn1. The Bertz CT molecular complexity index is 1180. The molecule has 176 valence electrons. The van der Waals surface area contributed by atoms with E-state index in [2.05, 4.69) is 26.4 Å². The van der Waals surface area contributed by atoms with Crippen molar-refractivity contribution in [3.05, 3.63) is 60.2 Å². The Balaban J connectivity index is 1.56. The lowest BCUT2D eigenvalue weighted by atomic mass is 9.84. The van der Waals surface area contributed by atoms with Crippen LogP contribution in [0.5, 0.6) is 5.88 Å². The number of aromatic nitrogens is 3. The number of pyridine rings is 1. The third-order valence-corrected chi connectivity index (χ3v) is 6.05. The molecule has 3 aromatic rings. The molecule has 1 aliphatic rings. The number of ether oxygens (including phenoxy) is 1. The Labute approximate surface area is 196 Å². The fraction of sp³-hybridized carbons (Fsp3) is 0.333. The van der Waals surface area contributed by atoms with Gasteiger partial charge in [-0.15, -0.1) is 0 Å². The lowest BCUT2D eigenvalue weighted by molar-refractivity contribution is 0.100. The maximum atomic E-state index is 13.3. The average molecular weight is 464 g/mol. The summed E-state index contributed by atoms with van der Waals surface area (Å²) in [6.07, 6.45) is 4.90. The second-order valence-electron chi connectivity index (χ2n) is 8.17. The zero-order valence-corrected chi connectivity index (χ0v) is 18.9. The minimum Gasteiger partial charge on any atom is -0.478 e. The highest BCUT2D eigenvalue weighted by Gasteiger charge is 2.38. The van der Waals surface area contributed by atoms with Crippen molar-refractivity contribution in [2.45, 2.75) is 31.7 Å². The summed E-state index contributed by atoms with van der Waals surface area (Å²) >= 11 is 0. The summed E-state index contributed by atoms with van der Waals surface area (Å²) in [6.45, 7) is 3.84. The fourth-order valence-corrected chi connectivity index (χ4v) is 4.17. The first kappa shape index (κ1) is 23.0. The number of carbonyl (C=O) groups excluding carboxylic acids is 1. The molecular formula is C24H26FN7O2. The van der Waals surface area contributed by atoms with Crippen molar-refractivity contribution in [2.24, 2.45) is 5.73 Å². The van der Waals surface area contributed by atoms with Crippen LogP contribution in [-0.2, 0) is 5.54 Å². The average Bonchev–Trinajstić information content (AvgIpc) is 3.27. The van der Waals surface area contributed by atoms with Crippen LogP contribution in [0.2, 0.25) is 0 Å². The summed E-state index contributed by atoms with van der Waals surface area (Å²) in [5.41, 5.74) is 6.77. The third kappa shape index (κ3) is 4.78. The molecule has 1 saturated heterocycles. The van der Waals surface area contributed by atoms with Crippen LogP contribution >= 0.6 is 0 Å². The molecule has 3 heterocycles. The molecule has 9 nitrogen and oxygen atoms in total. The summed E-state index contributed by atoms with van der Waals surface area (Å²) in [5, 5.41) is 17.2. The van der Waals surface area contributed by atoms with Gasteiger partial charge in [-0.25, -0.2) is 9.37 Å². The minimum atomic E-state index is -0.638. The molecule has 2 aromatic heterocycles. The molecule has 4 rings (SSSR count). The van der Waals surface area contributed by atoms with Gasteiger partial charge in [-0.2, -0.15) is 10.4 Å². The zero-order chi connectivity index (χ0) is 24.1. The fourth-order valence-electron chi connectivity index (χ4n) is 4.17. The van der Waals surface area contributed by atoms with Gasteiger partial charge in [0, 0.05) is 31.0 Å². The van der Waals surface area contributed by atoms with E-state index >= 15 is 0 Å². The highest BCUT2D eigenvalue weighted by molar-refractivity contribution is 5.98. The Hall–Kier alpha value is -4.13. The van der Waals surface area contributed by atoms with Gasteiger partial charge in [0.2, 0.25) is 5.88 Å². The minimum absolute atomic E-state index is 0.208. The van der Waals surface area contributed by atoms with E-state index in [4.69, 9.17) is 10.5 Å². The quantitative estimate of drug-likeness (QED) is 0.524. The zero-order valence-electron chi connectivity index (χ0n) is 18.9. The molecule has 0 spiro atoms. The molecule has 1 fully saturated rings. The second-order valence-corrected chi connectivity index (χ2v) is 8.17. The molecule has 0 atom stereocenters. The Morgan fingerprint density at radius 1 is 1.26 bits per heavy atom. The van der Waals surface area contributed by atoms with Crippen molar-refractivity contribution in [3.63, 3.8) is 0 Å². The van der Waals surface area contributed by atoms with Gasteiger partial charge in [-0.05, 0) is 50.1 Å². The van der Waals surface area contributed by atoms with Crippen LogP contribution in [-0.4, -0.2) is 40.4 Å². The van der Waals surface area contributed by atoms with Crippen LogP contribution in [0.15, 0.2) is 48.8 Å². The van der Waals surface area contributed by atoms with Crippen LogP contribution in [0.4, 0.5) is 21.6 Å². The Morgan fingerprint density at radius 2 is 2.00 bits per heavy atom. The molecule has 1 amide bonds. The summed E-state index contributed by atoms with van der Waals surface area (Å²) in [6, 6.07) is 11.8. The van der Waals surface area contributed by atoms with Crippen molar-refractivity contribution in [3.8, 4) is 11.9 Å². The Kier molecular flexibility index (Phi) is 6.63. The number of piperidine rings is 1. The van der Waals surface area contributed by atoms with Crippen LogP contribution in [0.1, 0.15) is 36.5 Å².